The molecule has 160 valence electrons. The lowest BCUT2D eigenvalue weighted by Gasteiger charge is -2.30. The van der Waals surface area contributed by atoms with Crippen molar-refractivity contribution in [3.8, 4) is 0 Å². The van der Waals surface area contributed by atoms with Crippen LogP contribution in [0.1, 0.15) is 22.8 Å². The Morgan fingerprint density at radius 1 is 1.13 bits per heavy atom. The lowest BCUT2D eigenvalue weighted by Crippen LogP contribution is -2.36. The van der Waals surface area contributed by atoms with Gasteiger partial charge >= 0.3 is 0 Å². The van der Waals surface area contributed by atoms with E-state index in [9.17, 15) is 13.2 Å². The summed E-state index contributed by atoms with van der Waals surface area (Å²) in [5.41, 5.74) is 3.50. The SMILES string of the molecule is CC1Cc2cc(C(=O)Nc3cc(Cl)ccc3N3CCOCC3)ccc2N1S(C)(=O)=O. The zero-order valence-corrected chi connectivity index (χ0v) is 18.5. The average molecular weight is 450 g/mol. The average Bonchev–Trinajstić information content (AvgIpc) is 3.04. The van der Waals surface area contributed by atoms with Crippen LogP contribution in [-0.4, -0.2) is 52.9 Å². The smallest absolute Gasteiger partial charge is 0.255 e. The van der Waals surface area contributed by atoms with Gasteiger partial charge in [-0.05, 0) is 55.3 Å². The van der Waals surface area contributed by atoms with Crippen LogP contribution in [0.4, 0.5) is 17.1 Å². The number of carbonyl (C=O) groups excluding carboxylic acids is 1. The number of nitrogens with zero attached hydrogens (tertiary/aromatic N) is 2. The first kappa shape index (κ1) is 21.0. The molecular weight excluding hydrogens is 426 g/mol. The Hall–Kier alpha value is -2.29. The molecule has 7 nitrogen and oxygen atoms in total. The Bertz CT molecular complexity index is 1080. The molecule has 1 saturated heterocycles. The number of carbonyl (C=O) groups is 1. The van der Waals surface area contributed by atoms with Gasteiger partial charge in [-0.2, -0.15) is 0 Å². The van der Waals surface area contributed by atoms with Crippen LogP contribution in [0, 0.1) is 0 Å². The van der Waals surface area contributed by atoms with Crippen LogP contribution in [0.15, 0.2) is 36.4 Å². The first-order valence-corrected chi connectivity index (χ1v) is 12.0. The first-order valence-electron chi connectivity index (χ1n) is 9.80. The molecule has 0 spiro atoms. The van der Waals surface area contributed by atoms with E-state index >= 15 is 0 Å². The molecule has 1 unspecified atom stereocenters. The van der Waals surface area contributed by atoms with Crippen LogP contribution in [0.3, 0.4) is 0 Å². The van der Waals surface area contributed by atoms with Crippen LogP contribution in [0.2, 0.25) is 5.02 Å². The molecule has 4 rings (SSSR count). The number of benzene rings is 2. The minimum Gasteiger partial charge on any atom is -0.378 e. The van der Waals surface area contributed by atoms with Gasteiger partial charge in [0.05, 0.1) is 36.5 Å². The number of halogens is 1. The van der Waals surface area contributed by atoms with Crippen molar-refractivity contribution in [3.05, 3.63) is 52.5 Å². The molecule has 0 aliphatic carbocycles. The van der Waals surface area contributed by atoms with Gasteiger partial charge in [-0.15, -0.1) is 0 Å². The quantitative estimate of drug-likeness (QED) is 0.775. The van der Waals surface area contributed by atoms with E-state index in [1.807, 2.05) is 13.0 Å². The van der Waals surface area contributed by atoms with E-state index in [2.05, 4.69) is 10.2 Å². The van der Waals surface area contributed by atoms with E-state index in [1.165, 1.54) is 10.6 Å². The molecule has 0 radical (unpaired) electrons. The molecule has 9 heteroatoms. The molecule has 0 saturated carbocycles. The van der Waals surface area contributed by atoms with E-state index in [0.29, 0.717) is 41.6 Å². The highest BCUT2D eigenvalue weighted by atomic mass is 35.5. The van der Waals surface area contributed by atoms with Crippen molar-refractivity contribution < 1.29 is 17.9 Å². The van der Waals surface area contributed by atoms with Gasteiger partial charge in [0.25, 0.3) is 5.91 Å². The minimum absolute atomic E-state index is 0.172. The zero-order chi connectivity index (χ0) is 21.5. The van der Waals surface area contributed by atoms with Crippen molar-refractivity contribution in [3.63, 3.8) is 0 Å². The Morgan fingerprint density at radius 3 is 2.53 bits per heavy atom. The third-order valence-corrected chi connectivity index (χ3v) is 6.92. The zero-order valence-electron chi connectivity index (χ0n) is 16.9. The molecule has 2 aliphatic rings. The van der Waals surface area contributed by atoms with Gasteiger partial charge in [-0.25, -0.2) is 8.42 Å². The molecule has 30 heavy (non-hydrogen) atoms. The van der Waals surface area contributed by atoms with E-state index < -0.39 is 10.0 Å². The number of amides is 1. The minimum atomic E-state index is -3.37. The summed E-state index contributed by atoms with van der Waals surface area (Å²) in [6, 6.07) is 10.4. The first-order chi connectivity index (χ1) is 14.2. The fourth-order valence-corrected chi connectivity index (χ4v) is 5.57. The highest BCUT2D eigenvalue weighted by Crippen LogP contribution is 2.35. The molecule has 0 aromatic heterocycles. The van der Waals surface area contributed by atoms with Gasteiger partial charge in [-0.3, -0.25) is 9.10 Å². The van der Waals surface area contributed by atoms with Crippen LogP contribution >= 0.6 is 11.6 Å². The monoisotopic (exact) mass is 449 g/mol. The summed E-state index contributed by atoms with van der Waals surface area (Å²) in [6.45, 7) is 4.61. The number of rotatable bonds is 4. The van der Waals surface area contributed by atoms with Crippen molar-refractivity contribution in [1.29, 1.82) is 0 Å². The fraction of sp³-hybridized carbons (Fsp3) is 0.381. The van der Waals surface area contributed by atoms with E-state index in [-0.39, 0.29) is 11.9 Å². The maximum atomic E-state index is 13.0. The van der Waals surface area contributed by atoms with Crippen LogP contribution in [0.25, 0.3) is 0 Å². The molecule has 0 bridgehead atoms. The molecule has 2 aliphatic heterocycles. The second kappa shape index (κ2) is 8.09. The third kappa shape index (κ3) is 4.12. The number of hydrogen-bond acceptors (Lipinski definition) is 5. The largest absolute Gasteiger partial charge is 0.378 e. The van der Waals surface area contributed by atoms with E-state index in [1.54, 1.807) is 30.3 Å². The summed E-state index contributed by atoms with van der Waals surface area (Å²) in [5, 5.41) is 3.51. The molecular formula is C21H24ClN3O4S. The topological polar surface area (TPSA) is 79.0 Å². The van der Waals surface area contributed by atoms with E-state index in [4.69, 9.17) is 16.3 Å². The third-order valence-electron chi connectivity index (χ3n) is 5.41. The van der Waals surface area contributed by atoms with Gasteiger partial charge < -0.3 is 15.0 Å². The summed E-state index contributed by atoms with van der Waals surface area (Å²) in [7, 11) is -3.37. The summed E-state index contributed by atoms with van der Waals surface area (Å²) >= 11 is 6.18. The number of sulfonamides is 1. The molecule has 1 N–H and O–H groups in total. The summed E-state index contributed by atoms with van der Waals surface area (Å²) in [5.74, 6) is -0.264. The Labute approximate surface area is 181 Å². The van der Waals surface area contributed by atoms with Gasteiger partial charge in [0.1, 0.15) is 0 Å². The van der Waals surface area contributed by atoms with Crippen molar-refractivity contribution in [2.24, 2.45) is 0 Å². The van der Waals surface area contributed by atoms with Crippen LogP contribution in [-0.2, 0) is 21.2 Å². The molecule has 2 aromatic carbocycles. The predicted octanol–water partition coefficient (Wildman–Crippen LogP) is 3.14. The molecule has 1 amide bonds. The molecule has 2 heterocycles. The molecule has 1 fully saturated rings. The second-order valence-electron chi connectivity index (χ2n) is 7.67. The maximum Gasteiger partial charge on any atom is 0.255 e. The van der Waals surface area contributed by atoms with Gasteiger partial charge in [-0.1, -0.05) is 11.6 Å². The summed E-state index contributed by atoms with van der Waals surface area (Å²) in [4.78, 5) is 15.1. The van der Waals surface area contributed by atoms with Crippen molar-refractivity contribution >= 4 is 44.6 Å². The number of ether oxygens (including phenoxy) is 1. The normalized spacial score (nSPS) is 19.0. The van der Waals surface area contributed by atoms with Crippen molar-refractivity contribution in [2.75, 3.05) is 47.1 Å². The van der Waals surface area contributed by atoms with Crippen molar-refractivity contribution in [1.82, 2.24) is 0 Å². The van der Waals surface area contributed by atoms with Crippen LogP contribution < -0.4 is 14.5 Å². The number of hydrogen-bond donors (Lipinski definition) is 1. The van der Waals surface area contributed by atoms with E-state index in [0.717, 1.165) is 24.3 Å². The Kier molecular flexibility index (Phi) is 5.65. The fourth-order valence-electron chi connectivity index (χ4n) is 4.13. The number of fused-ring (bicyclic) bond motifs is 1. The summed E-state index contributed by atoms with van der Waals surface area (Å²) < 4.78 is 31.0. The lowest BCUT2D eigenvalue weighted by atomic mass is 10.1. The Morgan fingerprint density at radius 2 is 1.83 bits per heavy atom. The number of morpholine rings is 1. The van der Waals surface area contributed by atoms with Crippen molar-refractivity contribution in [2.45, 2.75) is 19.4 Å². The predicted molar refractivity (Wildman–Crippen MR) is 119 cm³/mol. The summed E-state index contributed by atoms with van der Waals surface area (Å²) in [6.07, 6.45) is 1.77. The highest BCUT2D eigenvalue weighted by molar-refractivity contribution is 7.92. The Balaban J connectivity index is 1.60. The maximum absolute atomic E-state index is 13.0. The van der Waals surface area contributed by atoms with Gasteiger partial charge in [0, 0.05) is 29.7 Å². The standard InChI is InChI=1S/C21H24ClN3O4S/c1-14-11-16-12-15(3-5-19(16)25(14)30(2,27)28)21(26)23-18-13-17(22)4-6-20(18)24-7-9-29-10-8-24/h3-6,12-14H,7-11H2,1-2H3,(H,23,26). The van der Waals surface area contributed by atoms with Gasteiger partial charge in [0.2, 0.25) is 10.0 Å². The highest BCUT2D eigenvalue weighted by Gasteiger charge is 2.32. The second-order valence-corrected chi connectivity index (χ2v) is 9.97. The number of nitrogens with one attached hydrogen (secondary N) is 1. The van der Waals surface area contributed by atoms with Gasteiger partial charge in [0.15, 0.2) is 0 Å². The lowest BCUT2D eigenvalue weighted by molar-refractivity contribution is 0.102. The number of anilines is 3. The van der Waals surface area contributed by atoms with Crippen LogP contribution in [0.5, 0.6) is 0 Å². The molecule has 1 atom stereocenters. The molecule has 2 aromatic rings.